The largest absolute Gasteiger partial charge is 0.497 e. The number of carbonyl (C=O) groups is 3. The molecule has 3 amide bonds. The molecule has 0 radical (unpaired) electrons. The predicted molar refractivity (Wildman–Crippen MR) is 132 cm³/mol. The van der Waals surface area contributed by atoms with Gasteiger partial charge < -0.3 is 20.3 Å². The Labute approximate surface area is 201 Å². The number of ether oxygens (including phenoxy) is 1. The van der Waals surface area contributed by atoms with Crippen LogP contribution in [0.3, 0.4) is 0 Å². The van der Waals surface area contributed by atoms with Crippen LogP contribution >= 0.6 is 0 Å². The van der Waals surface area contributed by atoms with E-state index in [0.29, 0.717) is 42.8 Å². The number of nitrogens with zero attached hydrogens (tertiary/aromatic N) is 1. The minimum absolute atomic E-state index is 0.00983. The van der Waals surface area contributed by atoms with Crippen LogP contribution < -0.4 is 15.4 Å². The van der Waals surface area contributed by atoms with Gasteiger partial charge in [-0.2, -0.15) is 0 Å². The van der Waals surface area contributed by atoms with Crippen LogP contribution in [0, 0.1) is 12.8 Å². The Morgan fingerprint density at radius 3 is 2.26 bits per heavy atom. The Morgan fingerprint density at radius 2 is 1.68 bits per heavy atom. The van der Waals surface area contributed by atoms with Crippen LogP contribution in [0.5, 0.6) is 5.75 Å². The molecule has 1 aliphatic rings. The van der Waals surface area contributed by atoms with Crippen molar-refractivity contribution in [2.75, 3.05) is 20.2 Å². The number of hydrogen-bond donors (Lipinski definition) is 2. The summed E-state index contributed by atoms with van der Waals surface area (Å²) in [5, 5.41) is 5.97. The van der Waals surface area contributed by atoms with E-state index in [9.17, 15) is 14.4 Å². The average Bonchev–Trinajstić information content (AvgIpc) is 2.87. The Morgan fingerprint density at radius 1 is 1.03 bits per heavy atom. The molecule has 2 aromatic rings. The van der Waals surface area contributed by atoms with Crippen molar-refractivity contribution in [2.24, 2.45) is 5.92 Å². The maximum atomic E-state index is 13.1. The Kier molecular flexibility index (Phi) is 8.68. The number of methoxy groups -OCH3 is 1. The van der Waals surface area contributed by atoms with E-state index in [2.05, 4.69) is 10.6 Å². The van der Waals surface area contributed by atoms with Crippen molar-refractivity contribution in [1.82, 2.24) is 15.5 Å². The molecule has 0 bridgehead atoms. The molecule has 34 heavy (non-hydrogen) atoms. The number of piperidine rings is 1. The van der Waals surface area contributed by atoms with Crippen LogP contribution in [-0.2, 0) is 4.79 Å². The highest BCUT2D eigenvalue weighted by atomic mass is 16.5. The normalized spacial score (nSPS) is 15.8. The van der Waals surface area contributed by atoms with Crippen molar-refractivity contribution in [3.8, 4) is 5.75 Å². The van der Waals surface area contributed by atoms with Crippen molar-refractivity contribution >= 4 is 17.7 Å². The summed E-state index contributed by atoms with van der Waals surface area (Å²) in [5.41, 5.74) is 2.13. The Balaban J connectivity index is 1.71. The number of likely N-dealkylation sites (tertiary alicyclic amines) is 1. The van der Waals surface area contributed by atoms with Crippen molar-refractivity contribution in [3.05, 3.63) is 65.2 Å². The summed E-state index contributed by atoms with van der Waals surface area (Å²) in [4.78, 5) is 40.9. The van der Waals surface area contributed by atoms with Gasteiger partial charge in [0.2, 0.25) is 5.91 Å². The minimum atomic E-state index is -0.667. The second-order valence-electron chi connectivity index (χ2n) is 8.94. The fourth-order valence-corrected chi connectivity index (χ4v) is 4.22. The quantitative estimate of drug-likeness (QED) is 0.624. The molecule has 1 fully saturated rings. The zero-order valence-electron chi connectivity index (χ0n) is 20.5. The second-order valence-corrected chi connectivity index (χ2v) is 8.94. The molecule has 0 saturated carbocycles. The number of nitrogens with one attached hydrogen (secondary N) is 2. The lowest BCUT2D eigenvalue weighted by Gasteiger charge is -2.36. The van der Waals surface area contributed by atoms with Gasteiger partial charge >= 0.3 is 0 Å². The first kappa shape index (κ1) is 25.3. The molecule has 7 heteroatoms. The summed E-state index contributed by atoms with van der Waals surface area (Å²) >= 11 is 0. The lowest BCUT2D eigenvalue weighted by molar-refractivity contribution is -0.125. The van der Waals surface area contributed by atoms with Crippen molar-refractivity contribution < 1.29 is 19.1 Å². The highest BCUT2D eigenvalue weighted by molar-refractivity contribution is 5.98. The SMILES string of the molecule is CCC(C)NC(=O)C(NC(=O)c1ccc(OC)cc1)C1CCN(C(=O)c2ccccc2C)CC1. The monoisotopic (exact) mass is 465 g/mol. The van der Waals surface area contributed by atoms with Crippen LogP contribution in [0.1, 0.15) is 59.4 Å². The molecule has 182 valence electrons. The summed E-state index contributed by atoms with van der Waals surface area (Å²) in [6, 6.07) is 13.7. The van der Waals surface area contributed by atoms with E-state index in [-0.39, 0.29) is 29.7 Å². The zero-order chi connectivity index (χ0) is 24.7. The lowest BCUT2D eigenvalue weighted by Crippen LogP contribution is -2.55. The van der Waals surface area contributed by atoms with Crippen LogP contribution in [0.15, 0.2) is 48.5 Å². The van der Waals surface area contributed by atoms with Crippen LogP contribution in [0.25, 0.3) is 0 Å². The maximum Gasteiger partial charge on any atom is 0.254 e. The van der Waals surface area contributed by atoms with Gasteiger partial charge in [-0.05, 0) is 74.9 Å². The van der Waals surface area contributed by atoms with Crippen LogP contribution in [-0.4, -0.2) is 54.9 Å². The van der Waals surface area contributed by atoms with Gasteiger partial charge in [0.1, 0.15) is 11.8 Å². The average molecular weight is 466 g/mol. The summed E-state index contributed by atoms with van der Waals surface area (Å²) in [6.45, 7) is 6.98. The van der Waals surface area contributed by atoms with E-state index in [1.807, 2.05) is 49.9 Å². The molecule has 0 spiro atoms. The van der Waals surface area contributed by atoms with Gasteiger partial charge in [0.05, 0.1) is 7.11 Å². The molecule has 2 unspecified atom stereocenters. The fraction of sp³-hybridized carbons (Fsp3) is 0.444. The number of carbonyl (C=O) groups excluding carboxylic acids is 3. The number of hydrogen-bond acceptors (Lipinski definition) is 4. The first-order chi connectivity index (χ1) is 16.3. The third-order valence-corrected chi connectivity index (χ3v) is 6.60. The van der Waals surface area contributed by atoms with Crippen molar-refractivity contribution in [1.29, 1.82) is 0 Å². The number of benzene rings is 2. The second kappa shape index (κ2) is 11.7. The molecule has 1 aliphatic heterocycles. The molecule has 0 aromatic heterocycles. The molecule has 0 aliphatic carbocycles. The van der Waals surface area contributed by atoms with Gasteiger partial charge in [0.25, 0.3) is 11.8 Å². The molecule has 7 nitrogen and oxygen atoms in total. The minimum Gasteiger partial charge on any atom is -0.497 e. The molecule has 1 saturated heterocycles. The molecule has 2 N–H and O–H groups in total. The third kappa shape index (κ3) is 6.16. The highest BCUT2D eigenvalue weighted by Gasteiger charge is 2.34. The number of aryl methyl sites for hydroxylation is 1. The molecule has 2 atom stereocenters. The molecule has 2 aromatic carbocycles. The highest BCUT2D eigenvalue weighted by Crippen LogP contribution is 2.24. The lowest BCUT2D eigenvalue weighted by atomic mass is 9.88. The maximum absolute atomic E-state index is 13.1. The Bertz CT molecular complexity index is 997. The zero-order valence-corrected chi connectivity index (χ0v) is 20.5. The fourth-order valence-electron chi connectivity index (χ4n) is 4.22. The van der Waals surface area contributed by atoms with Gasteiger partial charge in [0.15, 0.2) is 0 Å². The van der Waals surface area contributed by atoms with Gasteiger partial charge in [-0.25, -0.2) is 0 Å². The molecule has 3 rings (SSSR count). The first-order valence-electron chi connectivity index (χ1n) is 11.9. The topological polar surface area (TPSA) is 87.7 Å². The van der Waals surface area contributed by atoms with E-state index < -0.39 is 6.04 Å². The smallest absolute Gasteiger partial charge is 0.254 e. The first-order valence-corrected chi connectivity index (χ1v) is 11.9. The third-order valence-electron chi connectivity index (χ3n) is 6.60. The van der Waals surface area contributed by atoms with Gasteiger partial charge in [-0.1, -0.05) is 25.1 Å². The van der Waals surface area contributed by atoms with Crippen LogP contribution in [0.2, 0.25) is 0 Å². The predicted octanol–water partition coefficient (Wildman–Crippen LogP) is 3.57. The van der Waals surface area contributed by atoms with E-state index in [1.165, 1.54) is 0 Å². The van der Waals surface area contributed by atoms with Gasteiger partial charge in [-0.3, -0.25) is 14.4 Å². The summed E-state index contributed by atoms with van der Waals surface area (Å²) < 4.78 is 5.16. The molecule has 1 heterocycles. The number of amides is 3. The Hall–Kier alpha value is -3.35. The molecular weight excluding hydrogens is 430 g/mol. The van der Waals surface area contributed by atoms with E-state index in [4.69, 9.17) is 4.74 Å². The molecular formula is C27H35N3O4. The standard InChI is InChI=1S/C27H35N3O4/c1-5-19(3)28-26(32)24(29-25(31)21-10-12-22(34-4)13-11-21)20-14-16-30(17-15-20)27(33)23-9-7-6-8-18(23)2/h6-13,19-20,24H,5,14-17H2,1-4H3,(H,28,32)(H,29,31). The summed E-state index contributed by atoms with van der Waals surface area (Å²) in [5.74, 6) is 0.130. The summed E-state index contributed by atoms with van der Waals surface area (Å²) in [7, 11) is 1.57. The van der Waals surface area contributed by atoms with E-state index in [0.717, 1.165) is 12.0 Å². The summed E-state index contributed by atoms with van der Waals surface area (Å²) in [6.07, 6.45) is 2.08. The van der Waals surface area contributed by atoms with Crippen molar-refractivity contribution in [3.63, 3.8) is 0 Å². The van der Waals surface area contributed by atoms with Crippen LogP contribution in [0.4, 0.5) is 0 Å². The number of rotatable bonds is 8. The van der Waals surface area contributed by atoms with E-state index >= 15 is 0 Å². The van der Waals surface area contributed by atoms with Gasteiger partial charge in [-0.15, -0.1) is 0 Å². The van der Waals surface area contributed by atoms with E-state index in [1.54, 1.807) is 31.4 Å². The van der Waals surface area contributed by atoms with Crippen molar-refractivity contribution in [2.45, 2.75) is 52.1 Å². The van der Waals surface area contributed by atoms with Gasteiger partial charge in [0, 0.05) is 30.3 Å².